The molecule has 1 unspecified atom stereocenters. The van der Waals surface area contributed by atoms with Crippen LogP contribution in [0, 0.1) is 0 Å². The Labute approximate surface area is 78.4 Å². The van der Waals surface area contributed by atoms with Crippen LogP contribution in [0.2, 0.25) is 0 Å². The summed E-state index contributed by atoms with van der Waals surface area (Å²) in [5.41, 5.74) is 0.496. The molecule has 0 aromatic carbocycles. The Morgan fingerprint density at radius 3 is 2.92 bits per heavy atom. The van der Waals surface area contributed by atoms with E-state index >= 15 is 0 Å². The van der Waals surface area contributed by atoms with Gasteiger partial charge < -0.3 is 5.32 Å². The molecule has 7 heteroatoms. The van der Waals surface area contributed by atoms with Crippen LogP contribution in [0.25, 0.3) is 0 Å². The summed E-state index contributed by atoms with van der Waals surface area (Å²) in [6.45, 7) is -0.0287. The molecule has 1 heterocycles. The van der Waals surface area contributed by atoms with Crippen molar-refractivity contribution in [1.82, 2.24) is 5.32 Å². The molecule has 0 aromatic heterocycles. The van der Waals surface area contributed by atoms with Crippen LogP contribution in [0.3, 0.4) is 0 Å². The van der Waals surface area contributed by atoms with Gasteiger partial charge in [-0.25, -0.2) is 0 Å². The molecule has 2 radical (unpaired) electrons. The summed E-state index contributed by atoms with van der Waals surface area (Å²) in [5.74, 6) is 0. The van der Waals surface area contributed by atoms with Crippen LogP contribution in [-0.2, 0) is 14.3 Å². The van der Waals surface area contributed by atoms with E-state index in [1.807, 2.05) is 0 Å². The number of rotatable bonds is 3. The molecule has 0 spiro atoms. The number of allylic oxidation sites excluding steroid dienone is 1. The fourth-order valence-corrected chi connectivity index (χ4v) is 1.10. The molecule has 0 saturated heterocycles. The maximum atomic E-state index is 10.6. The highest BCUT2D eigenvalue weighted by Crippen LogP contribution is 1.98. The van der Waals surface area contributed by atoms with E-state index in [0.717, 1.165) is 6.26 Å². The molecule has 0 amide bonds. The van der Waals surface area contributed by atoms with Gasteiger partial charge in [-0.1, -0.05) is 5.47 Å². The molecule has 13 heavy (non-hydrogen) atoms. The van der Waals surface area contributed by atoms with Crippen molar-refractivity contribution in [1.29, 1.82) is 0 Å². The molecule has 1 N–H and O–H groups in total. The zero-order valence-electron chi connectivity index (χ0n) is 7.10. The minimum Gasteiger partial charge on any atom is -0.368 e. The first-order valence-electron chi connectivity index (χ1n) is 3.56. The quantitative estimate of drug-likeness (QED) is 0.467. The van der Waals surface area contributed by atoms with Gasteiger partial charge in [0.2, 0.25) is 0 Å². The van der Waals surface area contributed by atoms with Crippen LogP contribution in [0.4, 0.5) is 0 Å². The average Bonchev–Trinajstić information content (AvgIpc) is 2.02. The number of hydrogen-bond donors (Lipinski definition) is 1. The Balaban J connectivity index is 2.38. The van der Waals surface area contributed by atoms with Gasteiger partial charge in [-0.2, -0.15) is 8.42 Å². The monoisotopic (exact) mass is 200 g/mol. The maximum absolute atomic E-state index is 10.6. The summed E-state index contributed by atoms with van der Waals surface area (Å²) in [6.07, 6.45) is 3.60. The van der Waals surface area contributed by atoms with Crippen molar-refractivity contribution >= 4 is 24.2 Å². The van der Waals surface area contributed by atoms with Crippen LogP contribution < -0.4 is 5.32 Å². The standard InChI is InChI=1S/C6H9BN2O3S/c1-13(10,11)12-4-6-8-2-5(7)3-9-6/h2-3,6,8H,4H2,1H3. The Morgan fingerprint density at radius 2 is 2.46 bits per heavy atom. The lowest BCUT2D eigenvalue weighted by Gasteiger charge is -2.16. The predicted molar refractivity (Wildman–Crippen MR) is 50.0 cm³/mol. The van der Waals surface area contributed by atoms with Crippen LogP contribution in [0.5, 0.6) is 0 Å². The predicted octanol–water partition coefficient (Wildman–Crippen LogP) is -1.03. The van der Waals surface area contributed by atoms with Gasteiger partial charge in [0.05, 0.1) is 6.26 Å². The van der Waals surface area contributed by atoms with E-state index in [2.05, 4.69) is 14.5 Å². The van der Waals surface area contributed by atoms with E-state index in [1.54, 1.807) is 6.20 Å². The first kappa shape index (κ1) is 10.3. The van der Waals surface area contributed by atoms with Crippen molar-refractivity contribution in [3.05, 3.63) is 11.7 Å². The molecule has 1 atom stereocenters. The second-order valence-electron chi connectivity index (χ2n) is 2.59. The Hall–Kier alpha value is -0.815. The van der Waals surface area contributed by atoms with Crippen molar-refractivity contribution in [3.63, 3.8) is 0 Å². The molecule has 0 aromatic rings. The van der Waals surface area contributed by atoms with Gasteiger partial charge in [0.1, 0.15) is 20.6 Å². The first-order valence-corrected chi connectivity index (χ1v) is 5.38. The number of aliphatic imine (C=N–C) groups is 1. The zero-order valence-corrected chi connectivity index (χ0v) is 7.91. The topological polar surface area (TPSA) is 67.8 Å². The van der Waals surface area contributed by atoms with Gasteiger partial charge in [0.25, 0.3) is 10.1 Å². The normalized spacial score (nSPS) is 22.2. The summed E-state index contributed by atoms with van der Waals surface area (Å²) in [5, 5.41) is 2.77. The Kier molecular flexibility index (Phi) is 3.10. The Morgan fingerprint density at radius 1 is 1.77 bits per heavy atom. The molecule has 5 nitrogen and oxygen atoms in total. The molecule has 70 valence electrons. The van der Waals surface area contributed by atoms with Crippen molar-refractivity contribution in [2.75, 3.05) is 12.9 Å². The summed E-state index contributed by atoms with van der Waals surface area (Å²) in [4.78, 5) is 3.89. The van der Waals surface area contributed by atoms with Crippen molar-refractivity contribution in [2.45, 2.75) is 6.17 Å². The molecular weight excluding hydrogens is 191 g/mol. The lowest BCUT2D eigenvalue weighted by atomic mass is 9.98. The highest BCUT2D eigenvalue weighted by atomic mass is 32.2. The molecular formula is C6H9BN2O3S. The van der Waals surface area contributed by atoms with Gasteiger partial charge in [-0.3, -0.25) is 9.18 Å². The fraction of sp³-hybridized carbons (Fsp3) is 0.500. The van der Waals surface area contributed by atoms with Gasteiger partial charge in [-0.15, -0.1) is 0 Å². The number of nitrogens with zero attached hydrogens (tertiary/aromatic N) is 1. The lowest BCUT2D eigenvalue weighted by molar-refractivity contribution is 0.284. The minimum atomic E-state index is -3.40. The first-order chi connectivity index (χ1) is 5.97. The van der Waals surface area contributed by atoms with E-state index in [-0.39, 0.29) is 12.8 Å². The molecule has 0 fully saturated rings. The maximum Gasteiger partial charge on any atom is 0.264 e. The van der Waals surface area contributed by atoms with Gasteiger partial charge in [0.15, 0.2) is 0 Å². The van der Waals surface area contributed by atoms with Gasteiger partial charge in [-0.05, 0) is 6.20 Å². The van der Waals surface area contributed by atoms with E-state index in [1.165, 1.54) is 6.21 Å². The van der Waals surface area contributed by atoms with Gasteiger partial charge in [0, 0.05) is 6.21 Å². The van der Waals surface area contributed by atoms with Crippen molar-refractivity contribution in [3.8, 4) is 0 Å². The molecule has 1 rings (SSSR count). The summed E-state index contributed by atoms with van der Waals surface area (Å²) in [7, 11) is 1.97. The molecule has 0 aliphatic carbocycles. The SMILES string of the molecule is [B]C1=CNC(COS(C)(=O)=O)N=C1. The van der Waals surface area contributed by atoms with E-state index in [4.69, 9.17) is 7.85 Å². The van der Waals surface area contributed by atoms with Crippen molar-refractivity contribution < 1.29 is 12.6 Å². The van der Waals surface area contributed by atoms with Crippen molar-refractivity contribution in [2.24, 2.45) is 4.99 Å². The van der Waals surface area contributed by atoms with E-state index in [9.17, 15) is 8.42 Å². The second-order valence-corrected chi connectivity index (χ2v) is 4.24. The van der Waals surface area contributed by atoms with Crippen LogP contribution in [0.1, 0.15) is 0 Å². The highest BCUT2D eigenvalue weighted by Gasteiger charge is 2.10. The lowest BCUT2D eigenvalue weighted by Crippen LogP contribution is -2.31. The fourth-order valence-electron chi connectivity index (χ4n) is 0.728. The van der Waals surface area contributed by atoms with Crippen LogP contribution in [-0.4, -0.2) is 41.5 Å². The van der Waals surface area contributed by atoms with Gasteiger partial charge >= 0.3 is 0 Å². The molecule has 1 aliphatic rings. The minimum absolute atomic E-state index is 0.0287. The third kappa shape index (κ3) is 4.09. The summed E-state index contributed by atoms with van der Waals surface area (Å²) < 4.78 is 25.7. The highest BCUT2D eigenvalue weighted by molar-refractivity contribution is 7.85. The third-order valence-corrected chi connectivity index (χ3v) is 1.85. The average molecular weight is 200 g/mol. The number of hydrogen-bond acceptors (Lipinski definition) is 5. The summed E-state index contributed by atoms with van der Waals surface area (Å²) in [6, 6.07) is 0. The van der Waals surface area contributed by atoms with Crippen LogP contribution in [0.15, 0.2) is 16.7 Å². The van der Waals surface area contributed by atoms with Crippen LogP contribution >= 0.6 is 0 Å². The largest absolute Gasteiger partial charge is 0.368 e. The smallest absolute Gasteiger partial charge is 0.264 e. The molecule has 0 bridgehead atoms. The molecule has 1 aliphatic heterocycles. The Bertz CT molecular complexity index is 336. The zero-order chi connectivity index (χ0) is 9.90. The van der Waals surface area contributed by atoms with E-state index < -0.39 is 10.1 Å². The third-order valence-electron chi connectivity index (χ3n) is 1.29. The summed E-state index contributed by atoms with van der Waals surface area (Å²) >= 11 is 0. The van der Waals surface area contributed by atoms with E-state index in [0.29, 0.717) is 5.47 Å². The second kappa shape index (κ2) is 3.93. The number of nitrogens with one attached hydrogen (secondary N) is 1. The molecule has 0 saturated carbocycles.